The molecule has 0 aliphatic carbocycles. The van der Waals surface area contributed by atoms with Crippen molar-refractivity contribution in [2.45, 2.75) is 19.0 Å². The quantitative estimate of drug-likeness (QED) is 0.675. The van der Waals surface area contributed by atoms with Gasteiger partial charge >= 0.3 is 6.18 Å². The third-order valence-corrected chi connectivity index (χ3v) is 4.67. The van der Waals surface area contributed by atoms with Gasteiger partial charge in [-0.05, 0) is 24.5 Å². The SMILES string of the molecule is O=C(c1nn2c(C(F)(F)F)nnc2s1)N1CCCc2ccccc21. The largest absolute Gasteiger partial charge is 0.453 e. The highest BCUT2D eigenvalue weighted by Crippen LogP contribution is 2.31. The fourth-order valence-corrected chi connectivity index (χ4v) is 3.53. The number of halogens is 3. The molecule has 3 heterocycles. The second-order valence-corrected chi connectivity index (χ2v) is 6.27. The minimum atomic E-state index is -4.68. The summed E-state index contributed by atoms with van der Waals surface area (Å²) in [7, 11) is 0. The Bertz CT molecular complexity index is 932. The number of benzene rings is 1. The molecule has 3 aromatic rings. The molecule has 0 spiro atoms. The Morgan fingerprint density at radius 1 is 1.21 bits per heavy atom. The molecule has 6 nitrogen and oxygen atoms in total. The third-order valence-electron chi connectivity index (χ3n) is 3.78. The fourth-order valence-electron chi connectivity index (χ4n) is 2.74. The predicted molar refractivity (Wildman–Crippen MR) is 80.1 cm³/mol. The number of carbonyl (C=O) groups is 1. The van der Waals surface area contributed by atoms with Crippen LogP contribution in [0.3, 0.4) is 0 Å². The number of fused-ring (bicyclic) bond motifs is 2. The Morgan fingerprint density at radius 2 is 2.00 bits per heavy atom. The van der Waals surface area contributed by atoms with E-state index in [1.165, 1.54) is 0 Å². The van der Waals surface area contributed by atoms with E-state index >= 15 is 0 Å². The first-order valence-corrected chi connectivity index (χ1v) is 7.96. The molecule has 124 valence electrons. The molecule has 0 fully saturated rings. The predicted octanol–water partition coefficient (Wildman–Crippen LogP) is 2.80. The summed E-state index contributed by atoms with van der Waals surface area (Å²) < 4.78 is 39.2. The second kappa shape index (κ2) is 5.26. The molecular formula is C14H10F3N5OS. The molecule has 24 heavy (non-hydrogen) atoms. The van der Waals surface area contributed by atoms with Crippen LogP contribution in [0.25, 0.3) is 4.96 Å². The van der Waals surface area contributed by atoms with Crippen LogP contribution in [0.1, 0.15) is 27.6 Å². The van der Waals surface area contributed by atoms with Crippen LogP contribution in [-0.2, 0) is 12.6 Å². The van der Waals surface area contributed by atoms with E-state index in [9.17, 15) is 18.0 Å². The number of aromatic nitrogens is 4. The molecule has 1 aliphatic rings. The fraction of sp³-hybridized carbons (Fsp3) is 0.286. The number of aryl methyl sites for hydroxylation is 1. The van der Waals surface area contributed by atoms with Gasteiger partial charge < -0.3 is 4.90 Å². The van der Waals surface area contributed by atoms with Gasteiger partial charge in [0.05, 0.1) is 0 Å². The standard InChI is InChI=1S/C14H10F3N5OS/c15-14(16,17)12-18-19-13-22(12)20-10(24-13)11(23)21-7-3-5-8-4-1-2-6-9(8)21/h1-2,4,6H,3,5,7H2. The lowest BCUT2D eigenvalue weighted by Gasteiger charge is -2.28. The number of rotatable bonds is 1. The first-order valence-electron chi connectivity index (χ1n) is 7.14. The Labute approximate surface area is 137 Å². The average Bonchev–Trinajstić information content (AvgIpc) is 3.13. The molecule has 1 aromatic carbocycles. The van der Waals surface area contributed by atoms with Crippen LogP contribution in [0.15, 0.2) is 24.3 Å². The van der Waals surface area contributed by atoms with Crippen molar-refractivity contribution in [3.05, 3.63) is 40.7 Å². The van der Waals surface area contributed by atoms with E-state index in [0.29, 0.717) is 11.1 Å². The van der Waals surface area contributed by atoms with E-state index in [0.717, 1.165) is 35.4 Å². The van der Waals surface area contributed by atoms with Gasteiger partial charge in [-0.15, -0.1) is 15.3 Å². The summed E-state index contributed by atoms with van der Waals surface area (Å²) in [5.41, 5.74) is 1.81. The van der Waals surface area contributed by atoms with Crippen molar-refractivity contribution < 1.29 is 18.0 Å². The van der Waals surface area contributed by atoms with Crippen molar-refractivity contribution in [2.24, 2.45) is 0 Å². The van der Waals surface area contributed by atoms with E-state index in [2.05, 4.69) is 15.3 Å². The van der Waals surface area contributed by atoms with Gasteiger partial charge in [-0.1, -0.05) is 29.5 Å². The maximum absolute atomic E-state index is 12.9. The molecule has 0 N–H and O–H groups in total. The van der Waals surface area contributed by atoms with Crippen LogP contribution in [0, 0.1) is 0 Å². The van der Waals surface area contributed by atoms with Crippen LogP contribution in [-0.4, -0.2) is 32.3 Å². The zero-order chi connectivity index (χ0) is 16.9. The van der Waals surface area contributed by atoms with E-state index in [1.807, 2.05) is 24.3 Å². The van der Waals surface area contributed by atoms with Gasteiger partial charge in [0.25, 0.3) is 11.7 Å². The monoisotopic (exact) mass is 353 g/mol. The third kappa shape index (κ3) is 2.33. The lowest BCUT2D eigenvalue weighted by molar-refractivity contribution is -0.146. The Kier molecular flexibility index (Phi) is 3.30. The molecule has 0 atom stereocenters. The molecule has 10 heteroatoms. The van der Waals surface area contributed by atoms with Gasteiger partial charge in [0.15, 0.2) is 0 Å². The molecule has 0 saturated heterocycles. The molecule has 4 rings (SSSR count). The molecule has 0 saturated carbocycles. The molecule has 1 aliphatic heterocycles. The van der Waals surface area contributed by atoms with Crippen molar-refractivity contribution >= 4 is 27.9 Å². The van der Waals surface area contributed by atoms with Crippen molar-refractivity contribution in [1.29, 1.82) is 0 Å². The summed E-state index contributed by atoms with van der Waals surface area (Å²) in [5.74, 6) is -1.65. The van der Waals surface area contributed by atoms with Crippen LogP contribution in [0.5, 0.6) is 0 Å². The van der Waals surface area contributed by atoms with Gasteiger partial charge in [-0.2, -0.15) is 17.7 Å². The van der Waals surface area contributed by atoms with Gasteiger partial charge in [-0.25, -0.2) is 0 Å². The smallest absolute Gasteiger partial charge is 0.306 e. The van der Waals surface area contributed by atoms with E-state index in [4.69, 9.17) is 0 Å². The summed E-state index contributed by atoms with van der Waals surface area (Å²) in [6.07, 6.45) is -3.02. The zero-order valence-electron chi connectivity index (χ0n) is 12.1. The minimum absolute atomic E-state index is 0.0397. The van der Waals surface area contributed by atoms with Crippen molar-refractivity contribution in [1.82, 2.24) is 19.8 Å². The molecule has 0 unspecified atom stereocenters. The highest BCUT2D eigenvalue weighted by molar-refractivity contribution is 7.18. The zero-order valence-corrected chi connectivity index (χ0v) is 12.9. The van der Waals surface area contributed by atoms with E-state index < -0.39 is 17.9 Å². The summed E-state index contributed by atoms with van der Waals surface area (Å²) in [6, 6.07) is 7.49. The normalized spacial score (nSPS) is 14.9. The number of amides is 1. The van der Waals surface area contributed by atoms with Crippen LogP contribution < -0.4 is 4.90 Å². The Balaban J connectivity index is 1.74. The van der Waals surface area contributed by atoms with Gasteiger partial charge in [-0.3, -0.25) is 4.79 Å². The summed E-state index contributed by atoms with van der Waals surface area (Å²) in [5, 5.41) is 10.3. The molecule has 0 radical (unpaired) electrons. The number of alkyl halides is 3. The lowest BCUT2D eigenvalue weighted by Crippen LogP contribution is -2.35. The Hall–Kier alpha value is -2.49. The minimum Gasteiger partial charge on any atom is -0.306 e. The highest BCUT2D eigenvalue weighted by Gasteiger charge is 2.39. The number of para-hydroxylation sites is 1. The number of carbonyl (C=O) groups excluding carboxylic acids is 1. The van der Waals surface area contributed by atoms with Crippen molar-refractivity contribution in [3.8, 4) is 0 Å². The molecule has 2 aromatic heterocycles. The van der Waals surface area contributed by atoms with E-state index in [-0.39, 0.29) is 9.97 Å². The summed E-state index contributed by atoms with van der Waals surface area (Å²) in [4.78, 5) is 14.2. The van der Waals surface area contributed by atoms with Gasteiger partial charge in [0, 0.05) is 12.2 Å². The molecular weight excluding hydrogens is 343 g/mol. The maximum atomic E-state index is 12.9. The van der Waals surface area contributed by atoms with Gasteiger partial charge in [0.2, 0.25) is 9.97 Å². The maximum Gasteiger partial charge on any atom is 0.453 e. The average molecular weight is 353 g/mol. The number of nitrogens with zero attached hydrogens (tertiary/aromatic N) is 5. The first-order chi connectivity index (χ1) is 11.4. The topological polar surface area (TPSA) is 63.4 Å². The van der Waals surface area contributed by atoms with Gasteiger partial charge in [0.1, 0.15) is 0 Å². The summed E-state index contributed by atoms with van der Waals surface area (Å²) in [6.45, 7) is 0.502. The lowest BCUT2D eigenvalue weighted by atomic mass is 10.0. The van der Waals surface area contributed by atoms with Crippen molar-refractivity contribution in [2.75, 3.05) is 11.4 Å². The van der Waals surface area contributed by atoms with Crippen LogP contribution >= 0.6 is 11.3 Å². The van der Waals surface area contributed by atoms with E-state index in [1.54, 1.807) is 4.90 Å². The molecule has 1 amide bonds. The second-order valence-electron chi connectivity index (χ2n) is 5.31. The Morgan fingerprint density at radius 3 is 2.79 bits per heavy atom. The van der Waals surface area contributed by atoms with Crippen LogP contribution in [0.2, 0.25) is 0 Å². The number of anilines is 1. The van der Waals surface area contributed by atoms with Crippen molar-refractivity contribution in [3.63, 3.8) is 0 Å². The highest BCUT2D eigenvalue weighted by atomic mass is 32.1. The summed E-state index contributed by atoms with van der Waals surface area (Å²) >= 11 is 0.798. The van der Waals surface area contributed by atoms with Crippen LogP contribution in [0.4, 0.5) is 18.9 Å². The molecule has 0 bridgehead atoms. The first kappa shape index (κ1) is 15.1. The number of hydrogen-bond donors (Lipinski definition) is 0. The number of hydrogen-bond acceptors (Lipinski definition) is 5.